The molecule has 2 N–H and O–H groups in total. The number of rotatable bonds is 2. The number of aromatic amines is 1. The number of H-pyrrole nitrogens is 1. The fourth-order valence-corrected chi connectivity index (χ4v) is 2.44. The van der Waals surface area contributed by atoms with Crippen LogP contribution in [0, 0.1) is 5.92 Å². The van der Waals surface area contributed by atoms with E-state index < -0.39 is 17.4 Å². The van der Waals surface area contributed by atoms with E-state index in [0.29, 0.717) is 19.4 Å². The Labute approximate surface area is 110 Å². The summed E-state index contributed by atoms with van der Waals surface area (Å²) in [5, 5.41) is 8.98. The molecule has 2 heterocycles. The average molecular weight is 264 g/mol. The highest BCUT2D eigenvalue weighted by atomic mass is 16.4. The number of pyridine rings is 1. The van der Waals surface area contributed by atoms with Crippen LogP contribution in [0.1, 0.15) is 30.1 Å². The number of aliphatic carboxylic acids is 1. The highest BCUT2D eigenvalue weighted by molar-refractivity contribution is 5.94. The second kappa shape index (κ2) is 5.26. The first-order valence-corrected chi connectivity index (χ1v) is 6.22. The van der Waals surface area contributed by atoms with Gasteiger partial charge < -0.3 is 15.0 Å². The summed E-state index contributed by atoms with van der Waals surface area (Å²) in [4.78, 5) is 38.8. The van der Waals surface area contributed by atoms with Crippen molar-refractivity contribution < 1.29 is 14.7 Å². The van der Waals surface area contributed by atoms with Crippen LogP contribution in [0.4, 0.5) is 0 Å². The number of nitrogens with one attached hydrogen (secondary N) is 1. The van der Waals surface area contributed by atoms with Crippen LogP contribution in [0.3, 0.4) is 0 Å². The predicted octanol–water partition coefficient (Wildman–Crippen LogP) is 0.700. The highest BCUT2D eigenvalue weighted by Gasteiger charge is 2.33. The van der Waals surface area contributed by atoms with Crippen molar-refractivity contribution in [3.8, 4) is 0 Å². The summed E-state index contributed by atoms with van der Waals surface area (Å²) in [6.45, 7) is 2.18. The largest absolute Gasteiger partial charge is 0.481 e. The van der Waals surface area contributed by atoms with Gasteiger partial charge in [0.1, 0.15) is 5.56 Å². The van der Waals surface area contributed by atoms with Crippen molar-refractivity contribution >= 4 is 11.9 Å². The maximum atomic E-state index is 12.3. The van der Waals surface area contributed by atoms with E-state index in [1.807, 2.05) is 6.92 Å². The number of carbonyl (C=O) groups is 2. The molecule has 1 amide bonds. The minimum atomic E-state index is -0.823. The van der Waals surface area contributed by atoms with E-state index in [1.165, 1.54) is 12.3 Å². The zero-order valence-corrected chi connectivity index (χ0v) is 10.6. The molecule has 102 valence electrons. The Balaban J connectivity index is 2.16. The van der Waals surface area contributed by atoms with Gasteiger partial charge in [-0.15, -0.1) is 0 Å². The molecule has 1 aliphatic rings. The van der Waals surface area contributed by atoms with Gasteiger partial charge in [-0.2, -0.15) is 0 Å². The maximum Gasteiger partial charge on any atom is 0.306 e. The van der Waals surface area contributed by atoms with Crippen molar-refractivity contribution in [1.29, 1.82) is 0 Å². The summed E-state index contributed by atoms with van der Waals surface area (Å²) in [6.07, 6.45) is 2.32. The maximum absolute atomic E-state index is 12.3. The summed E-state index contributed by atoms with van der Waals surface area (Å²) >= 11 is 0. The van der Waals surface area contributed by atoms with Crippen molar-refractivity contribution in [1.82, 2.24) is 9.88 Å². The fraction of sp³-hybridized carbons (Fsp3) is 0.462. The SMILES string of the molecule is CC1CC(C(=O)O)CCN1C(=O)c1ccc[nH]c1=O. The third kappa shape index (κ3) is 2.67. The Hall–Kier alpha value is -2.11. The number of carbonyl (C=O) groups excluding carboxylic acids is 1. The van der Waals surface area contributed by atoms with Crippen molar-refractivity contribution in [2.45, 2.75) is 25.8 Å². The molecule has 0 radical (unpaired) electrons. The third-order valence-corrected chi connectivity index (χ3v) is 3.53. The Morgan fingerprint density at radius 1 is 1.47 bits per heavy atom. The van der Waals surface area contributed by atoms with Crippen LogP contribution in [-0.4, -0.2) is 39.5 Å². The van der Waals surface area contributed by atoms with Crippen LogP contribution in [0.2, 0.25) is 0 Å². The summed E-state index contributed by atoms with van der Waals surface area (Å²) < 4.78 is 0. The first kappa shape index (κ1) is 13.3. The molecule has 1 aromatic rings. The van der Waals surface area contributed by atoms with Gasteiger partial charge in [-0.05, 0) is 31.9 Å². The van der Waals surface area contributed by atoms with E-state index in [4.69, 9.17) is 5.11 Å². The normalized spacial score (nSPS) is 23.1. The quantitative estimate of drug-likeness (QED) is 0.822. The Kier molecular flexibility index (Phi) is 3.69. The topological polar surface area (TPSA) is 90.5 Å². The summed E-state index contributed by atoms with van der Waals surface area (Å²) in [5.41, 5.74) is -0.316. The van der Waals surface area contributed by atoms with Crippen LogP contribution in [0.15, 0.2) is 23.1 Å². The van der Waals surface area contributed by atoms with Crippen molar-refractivity contribution in [2.75, 3.05) is 6.54 Å². The average Bonchev–Trinajstić information content (AvgIpc) is 2.38. The number of hydrogen-bond donors (Lipinski definition) is 2. The number of carboxylic acids is 1. The first-order chi connectivity index (χ1) is 9.00. The molecule has 1 aromatic heterocycles. The standard InChI is InChI=1S/C13H16N2O4/c1-8-7-9(13(18)19)4-6-15(8)12(17)10-3-2-5-14-11(10)16/h2-3,5,8-9H,4,6-7H2,1H3,(H,14,16)(H,18,19). The molecule has 2 atom stereocenters. The van der Waals surface area contributed by atoms with Crippen LogP contribution >= 0.6 is 0 Å². The van der Waals surface area contributed by atoms with Crippen molar-refractivity contribution in [3.05, 3.63) is 34.2 Å². The monoisotopic (exact) mass is 264 g/mol. The molecule has 1 aliphatic heterocycles. The number of amides is 1. The lowest BCUT2D eigenvalue weighted by Crippen LogP contribution is -2.47. The minimum absolute atomic E-state index is 0.100. The predicted molar refractivity (Wildman–Crippen MR) is 67.9 cm³/mol. The summed E-state index contributed by atoms with van der Waals surface area (Å²) in [5.74, 6) is -1.57. The molecule has 0 bridgehead atoms. The summed E-state index contributed by atoms with van der Waals surface area (Å²) in [7, 11) is 0. The molecule has 2 rings (SSSR count). The first-order valence-electron chi connectivity index (χ1n) is 6.22. The van der Waals surface area contributed by atoms with Gasteiger partial charge in [0, 0.05) is 18.8 Å². The van der Waals surface area contributed by atoms with E-state index >= 15 is 0 Å². The molecule has 1 saturated heterocycles. The second-order valence-corrected chi connectivity index (χ2v) is 4.82. The molecule has 1 fully saturated rings. The minimum Gasteiger partial charge on any atom is -0.481 e. The zero-order chi connectivity index (χ0) is 14.0. The van der Waals surface area contributed by atoms with E-state index in [2.05, 4.69) is 4.98 Å². The van der Waals surface area contributed by atoms with E-state index in [1.54, 1.807) is 11.0 Å². The lowest BCUT2D eigenvalue weighted by molar-refractivity contribution is -0.143. The molecule has 0 aliphatic carbocycles. The Morgan fingerprint density at radius 2 is 2.21 bits per heavy atom. The molecule has 0 saturated carbocycles. The molecular formula is C13H16N2O4. The number of piperidine rings is 1. The smallest absolute Gasteiger partial charge is 0.306 e. The fourth-order valence-electron chi connectivity index (χ4n) is 2.44. The van der Waals surface area contributed by atoms with Gasteiger partial charge in [0.25, 0.3) is 11.5 Å². The molecule has 6 heteroatoms. The molecule has 0 spiro atoms. The number of likely N-dealkylation sites (tertiary alicyclic amines) is 1. The van der Waals surface area contributed by atoms with E-state index in [-0.39, 0.29) is 17.5 Å². The number of aromatic nitrogens is 1. The zero-order valence-electron chi connectivity index (χ0n) is 10.6. The lowest BCUT2D eigenvalue weighted by atomic mass is 9.91. The highest BCUT2D eigenvalue weighted by Crippen LogP contribution is 2.23. The van der Waals surface area contributed by atoms with Gasteiger partial charge in [-0.3, -0.25) is 14.4 Å². The van der Waals surface area contributed by atoms with Crippen molar-refractivity contribution in [2.24, 2.45) is 5.92 Å². The van der Waals surface area contributed by atoms with Crippen LogP contribution in [0.5, 0.6) is 0 Å². The van der Waals surface area contributed by atoms with Crippen molar-refractivity contribution in [3.63, 3.8) is 0 Å². The van der Waals surface area contributed by atoms with Gasteiger partial charge in [-0.25, -0.2) is 0 Å². The molecule has 19 heavy (non-hydrogen) atoms. The molecule has 6 nitrogen and oxygen atoms in total. The number of hydrogen-bond acceptors (Lipinski definition) is 3. The second-order valence-electron chi connectivity index (χ2n) is 4.82. The Bertz CT molecular complexity index is 552. The van der Waals surface area contributed by atoms with Gasteiger partial charge in [-0.1, -0.05) is 0 Å². The van der Waals surface area contributed by atoms with E-state index in [9.17, 15) is 14.4 Å². The van der Waals surface area contributed by atoms with Crippen LogP contribution < -0.4 is 5.56 Å². The molecular weight excluding hydrogens is 248 g/mol. The van der Waals surface area contributed by atoms with Gasteiger partial charge in [0.2, 0.25) is 0 Å². The molecule has 2 unspecified atom stereocenters. The van der Waals surface area contributed by atoms with Crippen LogP contribution in [0.25, 0.3) is 0 Å². The lowest BCUT2D eigenvalue weighted by Gasteiger charge is -2.36. The molecule has 0 aromatic carbocycles. The van der Waals surface area contributed by atoms with Gasteiger partial charge in [0.15, 0.2) is 0 Å². The number of carboxylic acid groups (broad SMARTS) is 1. The third-order valence-electron chi connectivity index (χ3n) is 3.53. The van der Waals surface area contributed by atoms with Gasteiger partial charge in [0.05, 0.1) is 5.92 Å². The van der Waals surface area contributed by atoms with E-state index in [0.717, 1.165) is 0 Å². The number of nitrogens with zero attached hydrogens (tertiary/aromatic N) is 1. The van der Waals surface area contributed by atoms with Gasteiger partial charge >= 0.3 is 5.97 Å². The van der Waals surface area contributed by atoms with Crippen LogP contribution in [-0.2, 0) is 4.79 Å². The Morgan fingerprint density at radius 3 is 2.79 bits per heavy atom. The summed E-state index contributed by atoms with van der Waals surface area (Å²) in [6, 6.07) is 2.91.